The first kappa shape index (κ1) is 14.2. The SMILES string of the molecule is CN1CCCC(N2CCN(c3ncc(Br)cn3)CC2)C1. The summed E-state index contributed by atoms with van der Waals surface area (Å²) in [6.45, 7) is 6.78. The van der Waals surface area contributed by atoms with Gasteiger partial charge in [-0.3, -0.25) is 4.90 Å². The van der Waals surface area contributed by atoms with Gasteiger partial charge in [-0.05, 0) is 42.4 Å². The Hall–Kier alpha value is -0.720. The molecule has 2 aliphatic heterocycles. The number of hydrogen-bond acceptors (Lipinski definition) is 5. The summed E-state index contributed by atoms with van der Waals surface area (Å²) in [6, 6.07) is 0.738. The minimum Gasteiger partial charge on any atom is -0.338 e. The van der Waals surface area contributed by atoms with E-state index in [1.54, 1.807) is 0 Å². The van der Waals surface area contributed by atoms with Crippen molar-refractivity contribution < 1.29 is 0 Å². The second kappa shape index (κ2) is 6.37. The Bertz CT molecular complexity index is 430. The van der Waals surface area contributed by atoms with E-state index >= 15 is 0 Å². The third kappa shape index (κ3) is 3.30. The fraction of sp³-hybridized carbons (Fsp3) is 0.714. The van der Waals surface area contributed by atoms with Gasteiger partial charge in [-0.25, -0.2) is 9.97 Å². The fourth-order valence-electron chi connectivity index (χ4n) is 3.19. The van der Waals surface area contributed by atoms with Crippen molar-refractivity contribution in [3.63, 3.8) is 0 Å². The summed E-state index contributed by atoms with van der Waals surface area (Å²) in [5.41, 5.74) is 0. The Kier molecular flexibility index (Phi) is 4.53. The highest BCUT2D eigenvalue weighted by molar-refractivity contribution is 9.10. The Morgan fingerprint density at radius 2 is 1.80 bits per heavy atom. The molecule has 3 rings (SSSR count). The standard InChI is InChI=1S/C14H22BrN5/c1-18-4-2-3-13(11-18)19-5-7-20(8-6-19)14-16-9-12(15)10-17-14/h9-10,13H,2-8,11H2,1H3. The Morgan fingerprint density at radius 1 is 1.10 bits per heavy atom. The highest BCUT2D eigenvalue weighted by Gasteiger charge is 2.27. The third-order valence-electron chi connectivity index (χ3n) is 4.32. The normalized spacial score (nSPS) is 25.9. The molecule has 0 bridgehead atoms. The van der Waals surface area contributed by atoms with Crippen LogP contribution in [0.4, 0.5) is 5.95 Å². The minimum atomic E-state index is 0.738. The van der Waals surface area contributed by atoms with Gasteiger partial charge in [0, 0.05) is 51.2 Å². The molecule has 0 saturated carbocycles. The van der Waals surface area contributed by atoms with Crippen molar-refractivity contribution in [2.45, 2.75) is 18.9 Å². The monoisotopic (exact) mass is 339 g/mol. The second-order valence-electron chi connectivity index (χ2n) is 5.78. The van der Waals surface area contributed by atoms with E-state index in [1.165, 1.54) is 25.9 Å². The van der Waals surface area contributed by atoms with Gasteiger partial charge >= 0.3 is 0 Å². The molecule has 0 aromatic carbocycles. The van der Waals surface area contributed by atoms with Crippen molar-refractivity contribution >= 4 is 21.9 Å². The fourth-order valence-corrected chi connectivity index (χ4v) is 3.40. The Balaban J connectivity index is 1.55. The molecule has 110 valence electrons. The number of anilines is 1. The van der Waals surface area contributed by atoms with Gasteiger partial charge in [0.2, 0.25) is 5.95 Å². The van der Waals surface area contributed by atoms with Crippen LogP contribution in [0.1, 0.15) is 12.8 Å². The van der Waals surface area contributed by atoms with Crippen molar-refractivity contribution in [3.05, 3.63) is 16.9 Å². The van der Waals surface area contributed by atoms with Gasteiger partial charge in [0.15, 0.2) is 0 Å². The van der Waals surface area contributed by atoms with Crippen LogP contribution in [-0.4, -0.2) is 72.1 Å². The average molecular weight is 340 g/mol. The maximum Gasteiger partial charge on any atom is 0.225 e. The van der Waals surface area contributed by atoms with Gasteiger partial charge in [0.05, 0.1) is 4.47 Å². The van der Waals surface area contributed by atoms with Crippen LogP contribution in [0.5, 0.6) is 0 Å². The number of hydrogen-bond donors (Lipinski definition) is 0. The molecule has 2 aliphatic rings. The lowest BCUT2D eigenvalue weighted by Gasteiger charge is -2.42. The predicted octanol–water partition coefficient (Wildman–Crippen LogP) is 1.46. The number of halogens is 1. The molecule has 0 N–H and O–H groups in total. The van der Waals surface area contributed by atoms with E-state index in [2.05, 4.69) is 47.6 Å². The highest BCUT2D eigenvalue weighted by atomic mass is 79.9. The summed E-state index contributed by atoms with van der Waals surface area (Å²) in [6.07, 6.45) is 6.33. The number of nitrogens with zero attached hydrogens (tertiary/aromatic N) is 5. The van der Waals surface area contributed by atoms with Crippen molar-refractivity contribution in [3.8, 4) is 0 Å². The number of piperazine rings is 1. The van der Waals surface area contributed by atoms with Gasteiger partial charge in [-0.2, -0.15) is 0 Å². The van der Waals surface area contributed by atoms with Crippen molar-refractivity contribution in [1.82, 2.24) is 19.8 Å². The van der Waals surface area contributed by atoms with Crippen LogP contribution in [0.3, 0.4) is 0 Å². The largest absolute Gasteiger partial charge is 0.338 e. The lowest BCUT2D eigenvalue weighted by Crippen LogP contribution is -2.54. The molecule has 0 radical (unpaired) electrons. The van der Waals surface area contributed by atoms with E-state index < -0.39 is 0 Å². The highest BCUT2D eigenvalue weighted by Crippen LogP contribution is 2.18. The van der Waals surface area contributed by atoms with Crippen molar-refractivity contribution in [2.75, 3.05) is 51.2 Å². The maximum absolute atomic E-state index is 4.39. The van der Waals surface area contributed by atoms with Crippen molar-refractivity contribution in [1.29, 1.82) is 0 Å². The molecule has 1 atom stereocenters. The van der Waals surface area contributed by atoms with E-state index in [0.29, 0.717) is 0 Å². The first-order valence-corrected chi connectivity index (χ1v) is 8.17. The molecule has 6 heteroatoms. The summed E-state index contributed by atoms with van der Waals surface area (Å²) in [7, 11) is 2.23. The molecule has 1 unspecified atom stereocenters. The molecule has 1 aromatic heterocycles. The van der Waals surface area contributed by atoms with Crippen LogP contribution in [0, 0.1) is 0 Å². The first-order valence-electron chi connectivity index (χ1n) is 7.37. The van der Waals surface area contributed by atoms with E-state index in [4.69, 9.17) is 0 Å². The smallest absolute Gasteiger partial charge is 0.225 e. The molecular formula is C14H22BrN5. The summed E-state index contributed by atoms with van der Waals surface area (Å²) >= 11 is 3.38. The zero-order valence-electron chi connectivity index (χ0n) is 12.0. The number of likely N-dealkylation sites (N-methyl/N-ethyl adjacent to an activating group) is 1. The van der Waals surface area contributed by atoms with E-state index in [1.807, 2.05) is 12.4 Å². The van der Waals surface area contributed by atoms with Crippen LogP contribution in [0.15, 0.2) is 16.9 Å². The van der Waals surface area contributed by atoms with Crippen LogP contribution < -0.4 is 4.90 Å². The van der Waals surface area contributed by atoms with Gasteiger partial charge < -0.3 is 9.80 Å². The molecule has 5 nitrogen and oxygen atoms in total. The summed E-state index contributed by atoms with van der Waals surface area (Å²) < 4.78 is 0.935. The summed E-state index contributed by atoms with van der Waals surface area (Å²) in [5, 5.41) is 0. The summed E-state index contributed by atoms with van der Waals surface area (Å²) in [5.74, 6) is 0.855. The average Bonchev–Trinajstić information content (AvgIpc) is 2.48. The van der Waals surface area contributed by atoms with E-state index in [9.17, 15) is 0 Å². The lowest BCUT2D eigenvalue weighted by atomic mass is 10.0. The molecule has 2 fully saturated rings. The zero-order chi connectivity index (χ0) is 13.9. The zero-order valence-corrected chi connectivity index (χ0v) is 13.6. The molecule has 2 saturated heterocycles. The topological polar surface area (TPSA) is 35.5 Å². The Morgan fingerprint density at radius 3 is 2.45 bits per heavy atom. The van der Waals surface area contributed by atoms with Crippen LogP contribution in [0.25, 0.3) is 0 Å². The molecule has 0 aliphatic carbocycles. The van der Waals surface area contributed by atoms with E-state index in [0.717, 1.165) is 42.6 Å². The second-order valence-corrected chi connectivity index (χ2v) is 6.70. The molecular weight excluding hydrogens is 318 g/mol. The molecule has 0 amide bonds. The van der Waals surface area contributed by atoms with Gasteiger partial charge in [-0.1, -0.05) is 0 Å². The number of aromatic nitrogens is 2. The van der Waals surface area contributed by atoms with Crippen LogP contribution in [-0.2, 0) is 0 Å². The molecule has 1 aromatic rings. The van der Waals surface area contributed by atoms with Crippen LogP contribution >= 0.6 is 15.9 Å². The van der Waals surface area contributed by atoms with Gasteiger partial charge in [0.25, 0.3) is 0 Å². The number of piperidine rings is 1. The van der Waals surface area contributed by atoms with Crippen molar-refractivity contribution in [2.24, 2.45) is 0 Å². The minimum absolute atomic E-state index is 0.738. The summed E-state index contributed by atoms with van der Waals surface area (Å²) in [4.78, 5) is 16.2. The quantitative estimate of drug-likeness (QED) is 0.815. The molecule has 20 heavy (non-hydrogen) atoms. The Labute approximate surface area is 129 Å². The molecule has 0 spiro atoms. The molecule has 3 heterocycles. The van der Waals surface area contributed by atoms with E-state index in [-0.39, 0.29) is 0 Å². The third-order valence-corrected chi connectivity index (χ3v) is 4.73. The van der Waals surface area contributed by atoms with Gasteiger partial charge in [0.1, 0.15) is 0 Å². The predicted molar refractivity (Wildman–Crippen MR) is 84.0 cm³/mol. The van der Waals surface area contributed by atoms with Gasteiger partial charge in [-0.15, -0.1) is 0 Å². The lowest BCUT2D eigenvalue weighted by molar-refractivity contribution is 0.106. The first-order chi connectivity index (χ1) is 9.72. The number of likely N-dealkylation sites (tertiary alicyclic amines) is 1. The van der Waals surface area contributed by atoms with Crippen LogP contribution in [0.2, 0.25) is 0 Å². The maximum atomic E-state index is 4.39. The number of rotatable bonds is 2.